The lowest BCUT2D eigenvalue weighted by atomic mass is 10.2. The molecule has 1 heterocycles. The largest absolute Gasteiger partial charge is 0.509 e. The Kier molecular flexibility index (Phi) is 5.94. The fourth-order valence-corrected chi connectivity index (χ4v) is 2.90. The standard InChI is InChI=1S/C20H18ClN5O2/c1-26(12-19(28)23-15-7-3-2-6-14(15)21)11-18(27)13(10-22)20-24-16-8-4-5-9-17(16)25-20/h2-9,27H,11-12H2,1H3,(H,23,28)(H,24,25)/b18-13-. The molecule has 2 aromatic carbocycles. The van der Waals surface area contributed by atoms with Crippen LogP contribution in [0.25, 0.3) is 16.6 Å². The number of benzene rings is 2. The van der Waals surface area contributed by atoms with Gasteiger partial charge in [0.2, 0.25) is 5.91 Å². The second-order valence-electron chi connectivity index (χ2n) is 6.24. The van der Waals surface area contributed by atoms with Gasteiger partial charge in [-0.25, -0.2) is 4.98 Å². The minimum atomic E-state index is -0.286. The maximum absolute atomic E-state index is 12.2. The van der Waals surface area contributed by atoms with Crippen molar-refractivity contribution in [3.05, 3.63) is 65.1 Å². The number of carbonyl (C=O) groups is 1. The third kappa shape index (κ3) is 4.49. The summed E-state index contributed by atoms with van der Waals surface area (Å²) in [7, 11) is 1.66. The Morgan fingerprint density at radius 1 is 1.25 bits per heavy atom. The molecular weight excluding hydrogens is 378 g/mol. The first-order valence-corrected chi connectivity index (χ1v) is 8.86. The minimum Gasteiger partial charge on any atom is -0.509 e. The van der Waals surface area contributed by atoms with E-state index in [4.69, 9.17) is 11.6 Å². The number of nitriles is 1. The van der Waals surface area contributed by atoms with Gasteiger partial charge >= 0.3 is 0 Å². The molecule has 0 aliphatic carbocycles. The molecule has 0 unspecified atom stereocenters. The Bertz CT molecular complexity index is 1050. The zero-order valence-corrected chi connectivity index (χ0v) is 15.9. The average molecular weight is 396 g/mol. The monoisotopic (exact) mass is 395 g/mol. The molecule has 0 aliphatic rings. The Morgan fingerprint density at radius 2 is 1.96 bits per heavy atom. The predicted molar refractivity (Wildman–Crippen MR) is 109 cm³/mol. The van der Waals surface area contributed by atoms with Gasteiger partial charge in [0, 0.05) is 0 Å². The van der Waals surface area contributed by atoms with E-state index in [1.165, 1.54) is 0 Å². The zero-order chi connectivity index (χ0) is 20.1. The topological polar surface area (TPSA) is 105 Å². The number of hydrogen-bond acceptors (Lipinski definition) is 5. The summed E-state index contributed by atoms with van der Waals surface area (Å²) >= 11 is 6.03. The second-order valence-corrected chi connectivity index (χ2v) is 6.64. The SMILES string of the molecule is CN(CC(=O)Nc1ccccc1Cl)C/C(O)=C(\C#N)c1nc2ccccc2[nH]1. The molecule has 0 fully saturated rings. The number of nitrogens with zero attached hydrogens (tertiary/aromatic N) is 3. The van der Waals surface area contributed by atoms with Crippen LogP contribution in [-0.4, -0.2) is 46.0 Å². The molecule has 0 radical (unpaired) electrons. The number of aromatic amines is 1. The Balaban J connectivity index is 1.69. The quantitative estimate of drug-likeness (QED) is 0.437. The summed E-state index contributed by atoms with van der Waals surface area (Å²) in [6, 6.07) is 16.2. The van der Waals surface area contributed by atoms with Crippen molar-refractivity contribution >= 4 is 39.8 Å². The van der Waals surface area contributed by atoms with E-state index in [-0.39, 0.29) is 36.2 Å². The molecule has 0 spiro atoms. The number of anilines is 1. The average Bonchev–Trinajstić information content (AvgIpc) is 3.07. The number of allylic oxidation sites excluding steroid dienone is 1. The maximum Gasteiger partial charge on any atom is 0.238 e. The number of H-pyrrole nitrogens is 1. The molecule has 0 aliphatic heterocycles. The number of carbonyl (C=O) groups excluding carboxylic acids is 1. The van der Waals surface area contributed by atoms with Crippen LogP contribution in [0.5, 0.6) is 0 Å². The van der Waals surface area contributed by atoms with E-state index in [2.05, 4.69) is 15.3 Å². The first-order valence-electron chi connectivity index (χ1n) is 8.48. The number of aliphatic hydroxyl groups is 1. The van der Waals surface area contributed by atoms with Gasteiger partial charge in [-0.1, -0.05) is 35.9 Å². The lowest BCUT2D eigenvalue weighted by molar-refractivity contribution is -0.117. The van der Waals surface area contributed by atoms with Crippen molar-refractivity contribution in [3.63, 3.8) is 0 Å². The number of rotatable bonds is 6. The van der Waals surface area contributed by atoms with E-state index in [1.807, 2.05) is 30.3 Å². The van der Waals surface area contributed by atoms with Crippen LogP contribution in [0.2, 0.25) is 5.02 Å². The van der Waals surface area contributed by atoms with Gasteiger partial charge < -0.3 is 15.4 Å². The van der Waals surface area contributed by atoms with Gasteiger partial charge in [-0.05, 0) is 31.3 Å². The van der Waals surface area contributed by atoms with Gasteiger partial charge in [0.25, 0.3) is 0 Å². The number of aromatic nitrogens is 2. The van der Waals surface area contributed by atoms with E-state index in [1.54, 1.807) is 36.2 Å². The maximum atomic E-state index is 12.2. The normalized spacial score (nSPS) is 11.9. The zero-order valence-electron chi connectivity index (χ0n) is 15.1. The van der Waals surface area contributed by atoms with E-state index < -0.39 is 0 Å². The molecule has 28 heavy (non-hydrogen) atoms. The second kappa shape index (κ2) is 8.57. The summed E-state index contributed by atoms with van der Waals surface area (Å²) in [5.74, 6) is -0.171. The van der Waals surface area contributed by atoms with Gasteiger partial charge in [0.1, 0.15) is 17.4 Å². The lowest BCUT2D eigenvalue weighted by Crippen LogP contribution is -2.31. The number of para-hydroxylation sites is 3. The number of amides is 1. The first kappa shape index (κ1) is 19.4. The summed E-state index contributed by atoms with van der Waals surface area (Å²) in [6.45, 7) is 0.0179. The van der Waals surface area contributed by atoms with Gasteiger partial charge in [-0.15, -0.1) is 0 Å². The van der Waals surface area contributed by atoms with Crippen LogP contribution in [0.3, 0.4) is 0 Å². The molecule has 1 amide bonds. The van der Waals surface area contributed by atoms with Crippen molar-refractivity contribution in [2.45, 2.75) is 0 Å². The third-order valence-electron chi connectivity index (χ3n) is 4.01. The Morgan fingerprint density at radius 3 is 2.68 bits per heavy atom. The predicted octanol–water partition coefficient (Wildman–Crippen LogP) is 3.58. The summed E-state index contributed by atoms with van der Waals surface area (Å²) in [5.41, 5.74) is 2.02. The molecule has 3 aromatic rings. The number of imidazole rings is 1. The van der Waals surface area contributed by atoms with Crippen LogP contribution in [0.15, 0.2) is 54.3 Å². The smallest absolute Gasteiger partial charge is 0.238 e. The highest BCUT2D eigenvalue weighted by molar-refractivity contribution is 6.33. The highest BCUT2D eigenvalue weighted by atomic mass is 35.5. The van der Waals surface area contributed by atoms with Crippen molar-refractivity contribution in [1.82, 2.24) is 14.9 Å². The molecule has 3 N–H and O–H groups in total. The molecular formula is C20H18ClN5O2. The molecule has 1 aromatic heterocycles. The first-order chi connectivity index (χ1) is 13.5. The summed E-state index contributed by atoms with van der Waals surface area (Å²) in [5, 5.41) is 23.0. The van der Waals surface area contributed by atoms with Crippen molar-refractivity contribution in [1.29, 1.82) is 5.26 Å². The summed E-state index contributed by atoms with van der Waals surface area (Å²) < 4.78 is 0. The number of hydrogen-bond donors (Lipinski definition) is 3. The number of fused-ring (bicyclic) bond motifs is 1. The fourth-order valence-electron chi connectivity index (χ4n) is 2.71. The van der Waals surface area contributed by atoms with E-state index in [9.17, 15) is 15.2 Å². The van der Waals surface area contributed by atoms with Crippen molar-refractivity contribution in [3.8, 4) is 6.07 Å². The van der Waals surface area contributed by atoms with Gasteiger partial charge in [0.15, 0.2) is 5.82 Å². The highest BCUT2D eigenvalue weighted by Crippen LogP contribution is 2.21. The number of nitrogens with one attached hydrogen (secondary N) is 2. The van der Waals surface area contributed by atoms with Crippen molar-refractivity contribution in [2.75, 3.05) is 25.5 Å². The molecule has 0 bridgehead atoms. The number of likely N-dealkylation sites (N-methyl/N-ethyl adjacent to an activating group) is 1. The van der Waals surface area contributed by atoms with E-state index >= 15 is 0 Å². The fraction of sp³-hybridized carbons (Fsp3) is 0.150. The van der Waals surface area contributed by atoms with Crippen molar-refractivity contribution in [2.24, 2.45) is 0 Å². The highest BCUT2D eigenvalue weighted by Gasteiger charge is 2.16. The number of halogens is 1. The summed E-state index contributed by atoms with van der Waals surface area (Å²) in [4.78, 5) is 21.1. The van der Waals surface area contributed by atoms with Gasteiger partial charge in [-0.3, -0.25) is 9.69 Å². The van der Waals surface area contributed by atoms with Crippen molar-refractivity contribution < 1.29 is 9.90 Å². The van der Waals surface area contributed by atoms with Gasteiger partial charge in [0.05, 0.1) is 34.8 Å². The van der Waals surface area contributed by atoms with Gasteiger partial charge in [-0.2, -0.15) is 5.26 Å². The third-order valence-corrected chi connectivity index (χ3v) is 4.34. The lowest BCUT2D eigenvalue weighted by Gasteiger charge is -2.16. The summed E-state index contributed by atoms with van der Waals surface area (Å²) in [6.07, 6.45) is 0. The molecule has 3 rings (SSSR count). The van der Waals surface area contributed by atoms with Crippen LogP contribution in [0.4, 0.5) is 5.69 Å². The van der Waals surface area contributed by atoms with Crippen LogP contribution < -0.4 is 5.32 Å². The minimum absolute atomic E-state index is 0.00806. The molecule has 142 valence electrons. The number of aliphatic hydroxyl groups excluding tert-OH is 1. The van der Waals surface area contributed by atoms with Crippen LogP contribution in [-0.2, 0) is 4.79 Å². The van der Waals surface area contributed by atoms with E-state index in [0.717, 1.165) is 5.52 Å². The Hall–Kier alpha value is -3.34. The molecule has 0 saturated carbocycles. The molecule has 0 saturated heterocycles. The molecule has 7 nitrogen and oxygen atoms in total. The Labute approximate surface area is 166 Å². The van der Waals surface area contributed by atoms with E-state index in [0.29, 0.717) is 16.2 Å². The molecule has 0 atom stereocenters. The van der Waals surface area contributed by atoms with Crippen LogP contribution in [0, 0.1) is 11.3 Å². The van der Waals surface area contributed by atoms with Crippen LogP contribution >= 0.6 is 11.6 Å². The van der Waals surface area contributed by atoms with Crippen LogP contribution in [0.1, 0.15) is 5.82 Å². The molecule has 8 heteroatoms.